The van der Waals surface area contributed by atoms with Gasteiger partial charge in [0.15, 0.2) is 0 Å². The van der Waals surface area contributed by atoms with E-state index in [1.807, 2.05) is 0 Å². The van der Waals surface area contributed by atoms with Gasteiger partial charge >= 0.3 is 18.0 Å². The van der Waals surface area contributed by atoms with Gasteiger partial charge in [0.1, 0.15) is 6.04 Å². The molecular weight excluding hydrogens is 308 g/mol. The minimum absolute atomic E-state index is 0.369. The van der Waals surface area contributed by atoms with E-state index in [2.05, 4.69) is 10.6 Å². The van der Waals surface area contributed by atoms with Gasteiger partial charge in [0.2, 0.25) is 0 Å². The minimum Gasteiger partial charge on any atom is -0.481 e. The number of hydrogen-bond acceptors (Lipinski definition) is 4. The number of rotatable bonds is 6. The van der Waals surface area contributed by atoms with Crippen LogP contribution in [0.5, 0.6) is 0 Å². The summed E-state index contributed by atoms with van der Waals surface area (Å²) in [6.45, 7) is 1.70. The van der Waals surface area contributed by atoms with Gasteiger partial charge in [0.05, 0.1) is 16.8 Å². The fraction of sp³-hybridized carbons (Fsp3) is 0.364. The highest BCUT2D eigenvalue weighted by Gasteiger charge is 2.23. The predicted molar refractivity (Wildman–Crippen MR) is 73.1 cm³/mol. The summed E-state index contributed by atoms with van der Waals surface area (Å²) in [6, 6.07) is 0.820. The first kappa shape index (κ1) is 16.3. The molecule has 110 valence electrons. The Morgan fingerprint density at radius 2 is 1.95 bits per heavy atom. The second-order valence-electron chi connectivity index (χ2n) is 3.97. The van der Waals surface area contributed by atoms with Crippen LogP contribution in [-0.2, 0) is 9.59 Å². The number of carboxylic acid groups (broad SMARTS) is 2. The van der Waals surface area contributed by atoms with Gasteiger partial charge in [-0.05, 0) is 19.1 Å². The summed E-state index contributed by atoms with van der Waals surface area (Å²) >= 11 is 7.06. The van der Waals surface area contributed by atoms with Crippen molar-refractivity contribution < 1.29 is 24.6 Å². The van der Waals surface area contributed by atoms with Crippen molar-refractivity contribution in [3.63, 3.8) is 0 Å². The Kier molecular flexibility index (Phi) is 5.78. The van der Waals surface area contributed by atoms with E-state index in [0.29, 0.717) is 4.34 Å². The predicted octanol–water partition coefficient (Wildman–Crippen LogP) is 1.69. The van der Waals surface area contributed by atoms with Gasteiger partial charge in [-0.1, -0.05) is 11.6 Å². The van der Waals surface area contributed by atoms with Crippen molar-refractivity contribution in [3.8, 4) is 0 Å². The molecule has 2 amide bonds. The van der Waals surface area contributed by atoms with E-state index in [-0.39, 0.29) is 6.04 Å². The quantitative estimate of drug-likeness (QED) is 0.636. The molecule has 0 fully saturated rings. The fourth-order valence-electron chi connectivity index (χ4n) is 1.40. The van der Waals surface area contributed by atoms with Crippen LogP contribution >= 0.6 is 22.9 Å². The van der Waals surface area contributed by atoms with Crippen molar-refractivity contribution >= 4 is 40.9 Å². The lowest BCUT2D eigenvalue weighted by atomic mass is 10.2. The van der Waals surface area contributed by atoms with E-state index in [1.54, 1.807) is 19.1 Å². The van der Waals surface area contributed by atoms with Crippen LogP contribution in [0.4, 0.5) is 4.79 Å². The molecule has 7 nitrogen and oxygen atoms in total. The molecule has 0 aliphatic rings. The summed E-state index contributed by atoms with van der Waals surface area (Å²) in [7, 11) is 0. The Morgan fingerprint density at radius 1 is 1.30 bits per heavy atom. The van der Waals surface area contributed by atoms with Crippen LogP contribution in [0.3, 0.4) is 0 Å². The lowest BCUT2D eigenvalue weighted by molar-refractivity contribution is -0.145. The van der Waals surface area contributed by atoms with Gasteiger partial charge in [0.25, 0.3) is 0 Å². The molecule has 2 atom stereocenters. The molecular formula is C11H13ClN2O5S. The maximum Gasteiger partial charge on any atom is 0.326 e. The highest BCUT2D eigenvalue weighted by molar-refractivity contribution is 7.16. The topological polar surface area (TPSA) is 116 Å². The average molecular weight is 321 g/mol. The molecule has 1 aromatic rings. The lowest BCUT2D eigenvalue weighted by Gasteiger charge is -2.16. The first-order valence-corrected chi connectivity index (χ1v) is 6.76. The number of carboxylic acids is 2. The maximum atomic E-state index is 11.6. The zero-order valence-electron chi connectivity index (χ0n) is 10.4. The maximum absolute atomic E-state index is 11.6. The fourth-order valence-corrected chi connectivity index (χ4v) is 2.47. The van der Waals surface area contributed by atoms with E-state index in [4.69, 9.17) is 21.8 Å². The Labute approximate surface area is 123 Å². The number of aliphatic carboxylic acids is 2. The van der Waals surface area contributed by atoms with Gasteiger partial charge < -0.3 is 20.8 Å². The average Bonchev–Trinajstić information content (AvgIpc) is 2.74. The van der Waals surface area contributed by atoms with Crippen LogP contribution in [0.25, 0.3) is 0 Å². The summed E-state index contributed by atoms with van der Waals surface area (Å²) in [5, 5.41) is 22.0. The Morgan fingerprint density at radius 3 is 2.40 bits per heavy atom. The van der Waals surface area contributed by atoms with Gasteiger partial charge in [0, 0.05) is 4.88 Å². The van der Waals surface area contributed by atoms with Crippen LogP contribution in [0.1, 0.15) is 24.3 Å². The number of halogens is 1. The van der Waals surface area contributed by atoms with Crippen LogP contribution in [-0.4, -0.2) is 34.2 Å². The Bertz CT molecular complexity index is 519. The first-order chi connectivity index (χ1) is 9.29. The molecule has 4 N–H and O–H groups in total. The van der Waals surface area contributed by atoms with E-state index in [9.17, 15) is 14.4 Å². The van der Waals surface area contributed by atoms with Crippen molar-refractivity contribution in [3.05, 3.63) is 21.3 Å². The first-order valence-electron chi connectivity index (χ1n) is 5.56. The van der Waals surface area contributed by atoms with E-state index in [0.717, 1.165) is 4.88 Å². The summed E-state index contributed by atoms with van der Waals surface area (Å²) in [6.07, 6.45) is -0.692. The normalized spacial score (nSPS) is 13.3. The van der Waals surface area contributed by atoms with Crippen molar-refractivity contribution in [2.75, 3.05) is 0 Å². The molecule has 0 aliphatic heterocycles. The minimum atomic E-state index is -1.48. The van der Waals surface area contributed by atoms with Gasteiger partial charge in [-0.25, -0.2) is 9.59 Å². The number of carbonyl (C=O) groups is 3. The van der Waals surface area contributed by atoms with Gasteiger partial charge in [-0.15, -0.1) is 11.3 Å². The van der Waals surface area contributed by atoms with E-state index >= 15 is 0 Å². The van der Waals surface area contributed by atoms with Gasteiger partial charge in [-0.2, -0.15) is 0 Å². The number of hydrogen-bond donors (Lipinski definition) is 4. The molecule has 1 rings (SSSR count). The molecule has 0 aromatic carbocycles. The van der Waals surface area contributed by atoms with Crippen LogP contribution in [0.15, 0.2) is 12.1 Å². The second-order valence-corrected chi connectivity index (χ2v) is 5.72. The molecule has 0 spiro atoms. The third-order valence-corrected chi connectivity index (χ3v) is 3.76. The highest BCUT2D eigenvalue weighted by Crippen LogP contribution is 2.26. The number of carbonyl (C=O) groups excluding carboxylic acids is 1. The number of amides is 2. The summed E-state index contributed by atoms with van der Waals surface area (Å²) in [5.74, 6) is -2.72. The number of nitrogens with one attached hydrogen (secondary N) is 2. The third-order valence-electron chi connectivity index (χ3n) is 2.35. The highest BCUT2D eigenvalue weighted by atomic mass is 35.5. The van der Waals surface area contributed by atoms with E-state index in [1.165, 1.54) is 11.3 Å². The second kappa shape index (κ2) is 7.11. The Balaban J connectivity index is 2.57. The van der Waals surface area contributed by atoms with Crippen molar-refractivity contribution in [1.82, 2.24) is 10.6 Å². The molecule has 1 heterocycles. The molecule has 0 aliphatic carbocycles. The summed E-state index contributed by atoms with van der Waals surface area (Å²) < 4.78 is 0.573. The SMILES string of the molecule is CC(NC(=O)N[C@H](CC(=O)O)C(=O)O)c1ccc(Cl)s1. The van der Waals surface area contributed by atoms with Gasteiger partial charge in [-0.3, -0.25) is 4.79 Å². The molecule has 1 unspecified atom stereocenters. The lowest BCUT2D eigenvalue weighted by Crippen LogP contribution is -2.47. The van der Waals surface area contributed by atoms with Crippen LogP contribution in [0, 0.1) is 0 Å². The molecule has 9 heteroatoms. The van der Waals surface area contributed by atoms with Crippen molar-refractivity contribution in [1.29, 1.82) is 0 Å². The zero-order chi connectivity index (χ0) is 15.3. The molecule has 0 bridgehead atoms. The monoisotopic (exact) mass is 320 g/mol. The zero-order valence-corrected chi connectivity index (χ0v) is 12.0. The number of thiophene rings is 1. The standard InChI is InChI=1S/C11H13ClN2O5S/c1-5(7-2-3-8(12)20-7)13-11(19)14-6(10(17)18)4-9(15)16/h2-3,5-6H,4H2,1H3,(H,15,16)(H,17,18)(H2,13,14,19)/t5?,6-/m1/s1. The van der Waals surface area contributed by atoms with Crippen molar-refractivity contribution in [2.45, 2.75) is 25.4 Å². The third kappa shape index (κ3) is 5.06. The molecule has 0 saturated carbocycles. The smallest absolute Gasteiger partial charge is 0.326 e. The number of urea groups is 1. The molecule has 0 radical (unpaired) electrons. The molecule has 1 aromatic heterocycles. The van der Waals surface area contributed by atoms with E-state index < -0.39 is 30.4 Å². The largest absolute Gasteiger partial charge is 0.481 e. The van der Waals surface area contributed by atoms with Crippen molar-refractivity contribution in [2.24, 2.45) is 0 Å². The van der Waals surface area contributed by atoms with Crippen LogP contribution < -0.4 is 10.6 Å². The van der Waals surface area contributed by atoms with Crippen LogP contribution in [0.2, 0.25) is 4.34 Å². The molecule has 20 heavy (non-hydrogen) atoms. The Hall–Kier alpha value is -1.80. The summed E-state index contributed by atoms with van der Waals surface area (Å²) in [4.78, 5) is 33.7. The summed E-state index contributed by atoms with van der Waals surface area (Å²) in [5.41, 5.74) is 0. The molecule has 0 saturated heterocycles.